The zero-order chi connectivity index (χ0) is 9.68. The maximum Gasteiger partial charge on any atom is 0.0409 e. The van der Waals surface area contributed by atoms with E-state index in [9.17, 15) is 0 Å². The molecule has 0 aliphatic heterocycles. The molecule has 0 bridgehead atoms. The van der Waals surface area contributed by atoms with Crippen LogP contribution in [0.15, 0.2) is 24.3 Å². The number of hydrogen-bond donors (Lipinski definition) is 1. The Hall–Kier alpha value is -0.530. The molecule has 2 heteroatoms. The number of rotatable bonds is 4. The quantitative estimate of drug-likeness (QED) is 0.783. The van der Waals surface area contributed by atoms with Crippen molar-refractivity contribution in [3.8, 4) is 0 Å². The fourth-order valence-corrected chi connectivity index (χ4v) is 1.36. The maximum atomic E-state index is 5.86. The van der Waals surface area contributed by atoms with Crippen molar-refractivity contribution < 1.29 is 0 Å². The molecule has 0 amide bonds. The van der Waals surface area contributed by atoms with Gasteiger partial charge in [-0.3, -0.25) is 0 Å². The van der Waals surface area contributed by atoms with E-state index in [1.807, 2.05) is 18.2 Å². The predicted octanol–water partition coefficient (Wildman–Crippen LogP) is 3.09. The molecule has 0 aromatic heterocycles. The van der Waals surface area contributed by atoms with Gasteiger partial charge in [0.1, 0.15) is 0 Å². The predicted molar refractivity (Wildman–Crippen MR) is 58.0 cm³/mol. The van der Waals surface area contributed by atoms with E-state index in [1.54, 1.807) is 0 Å². The van der Waals surface area contributed by atoms with Crippen molar-refractivity contribution in [1.29, 1.82) is 0 Å². The van der Waals surface area contributed by atoms with Crippen LogP contribution in [0, 0.1) is 5.92 Å². The Bertz CT molecular complexity index is 258. The molecular weight excluding hydrogens is 182 g/mol. The van der Waals surface area contributed by atoms with E-state index in [4.69, 9.17) is 11.6 Å². The molecule has 0 aliphatic carbocycles. The van der Waals surface area contributed by atoms with E-state index < -0.39 is 0 Å². The van der Waals surface area contributed by atoms with E-state index in [-0.39, 0.29) is 0 Å². The summed E-state index contributed by atoms with van der Waals surface area (Å²) in [5.41, 5.74) is 1.24. The van der Waals surface area contributed by atoms with Gasteiger partial charge in [0.05, 0.1) is 0 Å². The molecule has 0 atom stereocenters. The fourth-order valence-electron chi connectivity index (χ4n) is 1.15. The van der Waals surface area contributed by atoms with Crippen LogP contribution < -0.4 is 5.32 Å². The molecular formula is C11H16ClN. The topological polar surface area (TPSA) is 12.0 Å². The van der Waals surface area contributed by atoms with Gasteiger partial charge in [0.25, 0.3) is 0 Å². The van der Waals surface area contributed by atoms with E-state index in [1.165, 1.54) is 5.56 Å². The molecule has 1 N–H and O–H groups in total. The van der Waals surface area contributed by atoms with Crippen molar-refractivity contribution in [2.45, 2.75) is 20.4 Å². The van der Waals surface area contributed by atoms with E-state index in [0.717, 1.165) is 18.1 Å². The summed E-state index contributed by atoms with van der Waals surface area (Å²) in [6.07, 6.45) is 0. The molecule has 1 aromatic carbocycles. The molecule has 0 aliphatic rings. The fraction of sp³-hybridized carbons (Fsp3) is 0.455. The standard InChI is InChI=1S/C11H16ClN/c1-9(2)7-13-8-10-4-3-5-11(12)6-10/h3-6,9,13H,7-8H2,1-2H3. The summed E-state index contributed by atoms with van der Waals surface area (Å²) in [6, 6.07) is 7.95. The third-order valence-electron chi connectivity index (χ3n) is 1.77. The third kappa shape index (κ3) is 4.30. The molecule has 0 saturated carbocycles. The van der Waals surface area contributed by atoms with Crippen LogP contribution in [-0.4, -0.2) is 6.54 Å². The van der Waals surface area contributed by atoms with Gasteiger partial charge in [-0.2, -0.15) is 0 Å². The van der Waals surface area contributed by atoms with Gasteiger partial charge in [-0.15, -0.1) is 0 Å². The Balaban J connectivity index is 2.37. The molecule has 1 nitrogen and oxygen atoms in total. The molecule has 0 heterocycles. The highest BCUT2D eigenvalue weighted by atomic mass is 35.5. The summed E-state index contributed by atoms with van der Waals surface area (Å²) in [4.78, 5) is 0. The average molecular weight is 198 g/mol. The zero-order valence-corrected chi connectivity index (χ0v) is 8.93. The highest BCUT2D eigenvalue weighted by molar-refractivity contribution is 6.30. The highest BCUT2D eigenvalue weighted by Gasteiger charge is 1.95. The summed E-state index contributed by atoms with van der Waals surface area (Å²) in [6.45, 7) is 6.35. The second-order valence-electron chi connectivity index (χ2n) is 3.65. The third-order valence-corrected chi connectivity index (χ3v) is 2.01. The van der Waals surface area contributed by atoms with Crippen molar-refractivity contribution in [3.63, 3.8) is 0 Å². The minimum absolute atomic E-state index is 0.694. The van der Waals surface area contributed by atoms with Gasteiger partial charge in [0.2, 0.25) is 0 Å². The van der Waals surface area contributed by atoms with E-state index >= 15 is 0 Å². The van der Waals surface area contributed by atoms with Crippen LogP contribution in [-0.2, 0) is 6.54 Å². The second-order valence-corrected chi connectivity index (χ2v) is 4.09. The molecule has 0 radical (unpaired) electrons. The smallest absolute Gasteiger partial charge is 0.0409 e. The van der Waals surface area contributed by atoms with Gasteiger partial charge in [-0.1, -0.05) is 37.6 Å². The minimum atomic E-state index is 0.694. The van der Waals surface area contributed by atoms with Crippen molar-refractivity contribution in [2.24, 2.45) is 5.92 Å². The summed E-state index contributed by atoms with van der Waals surface area (Å²) in [5.74, 6) is 0.694. The van der Waals surface area contributed by atoms with Crippen molar-refractivity contribution in [2.75, 3.05) is 6.54 Å². The van der Waals surface area contributed by atoms with Crippen LogP contribution >= 0.6 is 11.6 Å². The van der Waals surface area contributed by atoms with Crippen molar-refractivity contribution in [3.05, 3.63) is 34.9 Å². The lowest BCUT2D eigenvalue weighted by Crippen LogP contribution is -2.18. The summed E-state index contributed by atoms with van der Waals surface area (Å²) in [5, 5.41) is 4.18. The summed E-state index contributed by atoms with van der Waals surface area (Å²) in [7, 11) is 0. The molecule has 1 rings (SSSR count). The van der Waals surface area contributed by atoms with Crippen molar-refractivity contribution in [1.82, 2.24) is 5.32 Å². The molecule has 13 heavy (non-hydrogen) atoms. The molecule has 72 valence electrons. The highest BCUT2D eigenvalue weighted by Crippen LogP contribution is 2.10. The Kier molecular flexibility index (Phi) is 4.26. The SMILES string of the molecule is CC(C)CNCc1cccc(Cl)c1. The van der Waals surface area contributed by atoms with Crippen LogP contribution in [0.5, 0.6) is 0 Å². The Labute approximate surface area is 85.1 Å². The molecule has 0 saturated heterocycles. The lowest BCUT2D eigenvalue weighted by atomic mass is 10.2. The number of benzene rings is 1. The molecule has 0 fully saturated rings. The number of hydrogen-bond acceptors (Lipinski definition) is 1. The first kappa shape index (κ1) is 10.6. The largest absolute Gasteiger partial charge is 0.312 e. The number of nitrogens with one attached hydrogen (secondary N) is 1. The van der Waals surface area contributed by atoms with Gasteiger partial charge in [-0.25, -0.2) is 0 Å². The Morgan fingerprint density at radius 2 is 2.15 bits per heavy atom. The first-order chi connectivity index (χ1) is 6.18. The average Bonchev–Trinajstić information content (AvgIpc) is 2.03. The lowest BCUT2D eigenvalue weighted by molar-refractivity contribution is 0.552. The van der Waals surface area contributed by atoms with Crippen LogP contribution in [0.4, 0.5) is 0 Å². The maximum absolute atomic E-state index is 5.86. The van der Waals surface area contributed by atoms with Gasteiger partial charge < -0.3 is 5.32 Å². The minimum Gasteiger partial charge on any atom is -0.312 e. The number of halogens is 1. The molecule has 1 aromatic rings. The van der Waals surface area contributed by atoms with Crippen molar-refractivity contribution >= 4 is 11.6 Å². The molecule has 0 spiro atoms. The normalized spacial score (nSPS) is 10.8. The zero-order valence-electron chi connectivity index (χ0n) is 8.18. The van der Waals surface area contributed by atoms with E-state index in [0.29, 0.717) is 5.92 Å². The first-order valence-corrected chi connectivity index (χ1v) is 5.01. The summed E-state index contributed by atoms with van der Waals surface area (Å²) >= 11 is 5.86. The first-order valence-electron chi connectivity index (χ1n) is 4.63. The van der Waals surface area contributed by atoms with Crippen LogP contribution in [0.2, 0.25) is 5.02 Å². The Morgan fingerprint density at radius 3 is 2.77 bits per heavy atom. The molecule has 0 unspecified atom stereocenters. The van der Waals surface area contributed by atoms with Gasteiger partial charge >= 0.3 is 0 Å². The van der Waals surface area contributed by atoms with E-state index in [2.05, 4.69) is 25.2 Å². The van der Waals surface area contributed by atoms with Gasteiger partial charge in [-0.05, 0) is 30.2 Å². The monoisotopic (exact) mass is 197 g/mol. The van der Waals surface area contributed by atoms with Crippen LogP contribution in [0.1, 0.15) is 19.4 Å². The van der Waals surface area contributed by atoms with Crippen LogP contribution in [0.3, 0.4) is 0 Å². The lowest BCUT2D eigenvalue weighted by Gasteiger charge is -2.07. The van der Waals surface area contributed by atoms with Crippen LogP contribution in [0.25, 0.3) is 0 Å². The second kappa shape index (κ2) is 5.25. The van der Waals surface area contributed by atoms with Gasteiger partial charge in [0.15, 0.2) is 0 Å². The summed E-state index contributed by atoms with van der Waals surface area (Å²) < 4.78 is 0. The van der Waals surface area contributed by atoms with Gasteiger partial charge in [0, 0.05) is 11.6 Å². The Morgan fingerprint density at radius 1 is 1.38 bits per heavy atom.